The third kappa shape index (κ3) is 3.46. The van der Waals surface area contributed by atoms with Gasteiger partial charge in [0.1, 0.15) is 0 Å². The summed E-state index contributed by atoms with van der Waals surface area (Å²) in [6, 6.07) is 0. The predicted octanol–water partition coefficient (Wildman–Crippen LogP) is 3.09. The second-order valence-corrected chi connectivity index (χ2v) is 4.77. The predicted molar refractivity (Wildman–Crippen MR) is 70.4 cm³/mol. The molecule has 3 nitrogen and oxygen atoms in total. The monoisotopic (exact) mass is 242 g/mol. The lowest BCUT2D eigenvalue weighted by Crippen LogP contribution is -2.45. The number of hydrogen-bond donors (Lipinski definition) is 0. The molecule has 1 aliphatic rings. The summed E-state index contributed by atoms with van der Waals surface area (Å²) < 4.78 is 5.68. The Labute approximate surface area is 102 Å². The van der Waals surface area contributed by atoms with Gasteiger partial charge >= 0.3 is 0 Å². The zero-order chi connectivity index (χ0) is 12.1. The fraction of sp³-hybridized carbons (Fsp3) is 0.750. The fourth-order valence-electron chi connectivity index (χ4n) is 1.82. The van der Waals surface area contributed by atoms with Crippen LogP contribution in [0.1, 0.15) is 33.4 Å². The van der Waals surface area contributed by atoms with Gasteiger partial charge in [-0.25, -0.2) is 4.98 Å². The molecular weight excluding hydrogens is 220 g/mol. The van der Waals surface area contributed by atoms with Crippen molar-refractivity contribution < 1.29 is 4.74 Å². The molecule has 0 bridgehead atoms. The molecule has 0 spiro atoms. The van der Waals surface area contributed by atoms with Gasteiger partial charge in [0.15, 0.2) is 5.13 Å². The highest BCUT2D eigenvalue weighted by molar-refractivity contribution is 7.13. The van der Waals surface area contributed by atoms with Crippen molar-refractivity contribution in [1.82, 2.24) is 4.98 Å². The fourth-order valence-corrected chi connectivity index (χ4v) is 2.64. The first-order valence-corrected chi connectivity index (χ1v) is 6.85. The van der Waals surface area contributed by atoms with Crippen LogP contribution in [0.15, 0.2) is 5.38 Å². The summed E-state index contributed by atoms with van der Waals surface area (Å²) in [5.74, 6) is 0. The summed E-state index contributed by atoms with van der Waals surface area (Å²) in [6.07, 6.45) is 0.617. The number of ether oxygens (including phenoxy) is 1. The molecule has 2 atom stereocenters. The lowest BCUT2D eigenvalue weighted by atomic mass is 10.2. The molecule has 2 unspecified atom stereocenters. The Kier molecular flexibility index (Phi) is 5.22. The summed E-state index contributed by atoms with van der Waals surface area (Å²) in [5.41, 5.74) is 1.11. The number of aryl methyl sites for hydroxylation is 1. The van der Waals surface area contributed by atoms with Crippen molar-refractivity contribution in [1.29, 1.82) is 0 Å². The van der Waals surface area contributed by atoms with Crippen LogP contribution in [0, 0.1) is 6.92 Å². The number of hydrogen-bond acceptors (Lipinski definition) is 4. The minimum absolute atomic E-state index is 0.308. The zero-order valence-electron chi connectivity index (χ0n) is 10.9. The van der Waals surface area contributed by atoms with Crippen molar-refractivity contribution in [3.63, 3.8) is 0 Å². The van der Waals surface area contributed by atoms with E-state index >= 15 is 0 Å². The van der Waals surface area contributed by atoms with E-state index in [0.717, 1.165) is 23.9 Å². The van der Waals surface area contributed by atoms with E-state index in [1.165, 1.54) is 0 Å². The van der Waals surface area contributed by atoms with Gasteiger partial charge < -0.3 is 9.64 Å². The van der Waals surface area contributed by atoms with E-state index in [1.807, 2.05) is 20.8 Å². The van der Waals surface area contributed by atoms with E-state index in [0.29, 0.717) is 12.2 Å². The number of morpholine rings is 1. The first-order valence-electron chi connectivity index (χ1n) is 5.97. The average Bonchev–Trinajstić information content (AvgIpc) is 2.66. The maximum absolute atomic E-state index is 5.68. The molecular formula is C12H22N2OS. The van der Waals surface area contributed by atoms with Crippen LogP contribution in [0.3, 0.4) is 0 Å². The van der Waals surface area contributed by atoms with Gasteiger partial charge in [-0.2, -0.15) is 0 Å². The summed E-state index contributed by atoms with van der Waals surface area (Å²) >= 11 is 1.72. The number of rotatable bonds is 1. The van der Waals surface area contributed by atoms with Crippen molar-refractivity contribution in [3.8, 4) is 0 Å². The van der Waals surface area contributed by atoms with Crippen molar-refractivity contribution in [3.05, 3.63) is 11.1 Å². The minimum atomic E-state index is 0.308. The van der Waals surface area contributed by atoms with Crippen LogP contribution >= 0.6 is 11.3 Å². The normalized spacial score (nSPS) is 24.9. The molecule has 0 radical (unpaired) electrons. The topological polar surface area (TPSA) is 25.4 Å². The van der Waals surface area contributed by atoms with E-state index in [1.54, 1.807) is 11.3 Å². The maximum atomic E-state index is 5.68. The molecule has 0 amide bonds. The lowest BCUT2D eigenvalue weighted by Gasteiger charge is -2.35. The van der Waals surface area contributed by atoms with Gasteiger partial charge in [0.25, 0.3) is 0 Å². The van der Waals surface area contributed by atoms with Crippen molar-refractivity contribution in [2.24, 2.45) is 0 Å². The summed E-state index contributed by atoms with van der Waals surface area (Å²) in [7, 11) is 0. The molecule has 0 saturated carbocycles. The zero-order valence-corrected chi connectivity index (χ0v) is 11.7. The van der Waals surface area contributed by atoms with E-state index < -0.39 is 0 Å². The maximum Gasteiger partial charge on any atom is 0.185 e. The molecule has 2 heterocycles. The van der Waals surface area contributed by atoms with Gasteiger partial charge in [0.05, 0.1) is 17.9 Å². The quantitative estimate of drug-likeness (QED) is 0.756. The molecule has 2 rings (SSSR count). The summed E-state index contributed by atoms with van der Waals surface area (Å²) in [4.78, 5) is 6.81. The molecule has 4 heteroatoms. The number of nitrogens with zero attached hydrogens (tertiary/aromatic N) is 2. The van der Waals surface area contributed by atoms with Crippen LogP contribution in [0.2, 0.25) is 0 Å². The molecule has 1 aromatic rings. The molecule has 1 fully saturated rings. The van der Waals surface area contributed by atoms with Crippen molar-refractivity contribution >= 4 is 16.5 Å². The number of anilines is 1. The van der Waals surface area contributed by atoms with E-state index in [4.69, 9.17) is 4.74 Å². The summed E-state index contributed by atoms with van der Waals surface area (Å²) in [5, 5.41) is 3.23. The highest BCUT2D eigenvalue weighted by Gasteiger charge is 2.23. The van der Waals surface area contributed by atoms with Crippen LogP contribution in [-0.4, -0.2) is 30.3 Å². The highest BCUT2D eigenvalue weighted by atomic mass is 32.1. The molecule has 92 valence electrons. The number of thiazole rings is 1. The van der Waals surface area contributed by atoms with Crippen LogP contribution in [0.4, 0.5) is 5.13 Å². The van der Waals surface area contributed by atoms with Crippen LogP contribution in [0.5, 0.6) is 0 Å². The Morgan fingerprint density at radius 1 is 1.31 bits per heavy atom. The van der Waals surface area contributed by atoms with E-state index in [2.05, 4.69) is 29.1 Å². The largest absolute Gasteiger partial charge is 0.372 e. The average molecular weight is 242 g/mol. The Morgan fingerprint density at radius 3 is 2.31 bits per heavy atom. The second-order valence-electron chi connectivity index (χ2n) is 3.93. The smallest absolute Gasteiger partial charge is 0.185 e. The molecule has 1 aliphatic heterocycles. The molecule has 0 N–H and O–H groups in total. The minimum Gasteiger partial charge on any atom is -0.372 e. The molecule has 1 saturated heterocycles. The van der Waals surface area contributed by atoms with Gasteiger partial charge in [-0.1, -0.05) is 13.8 Å². The Morgan fingerprint density at radius 2 is 1.88 bits per heavy atom. The Balaban J connectivity index is 0.000000606. The third-order valence-electron chi connectivity index (χ3n) is 2.30. The van der Waals surface area contributed by atoms with Gasteiger partial charge in [-0.05, 0) is 20.8 Å². The molecule has 16 heavy (non-hydrogen) atoms. The molecule has 0 aliphatic carbocycles. The Hall–Kier alpha value is -0.610. The van der Waals surface area contributed by atoms with E-state index in [9.17, 15) is 0 Å². The van der Waals surface area contributed by atoms with E-state index in [-0.39, 0.29) is 0 Å². The lowest BCUT2D eigenvalue weighted by molar-refractivity contribution is -0.00523. The van der Waals surface area contributed by atoms with Crippen LogP contribution < -0.4 is 4.90 Å². The SMILES string of the molecule is CC.Cc1csc(N2CC(C)OC(C)C2)n1. The highest BCUT2D eigenvalue weighted by Crippen LogP contribution is 2.23. The Bertz CT molecular complexity index is 304. The van der Waals surface area contributed by atoms with Gasteiger partial charge in [0.2, 0.25) is 0 Å². The first-order chi connectivity index (χ1) is 7.65. The standard InChI is InChI=1S/C10H16N2OS.C2H6/c1-7-6-14-10(11-7)12-4-8(2)13-9(3)5-12;1-2/h6,8-9H,4-5H2,1-3H3;1-2H3. The second kappa shape index (κ2) is 6.21. The summed E-state index contributed by atoms with van der Waals surface area (Å²) in [6.45, 7) is 12.2. The van der Waals surface area contributed by atoms with Gasteiger partial charge in [-0.3, -0.25) is 0 Å². The molecule has 1 aromatic heterocycles. The van der Waals surface area contributed by atoms with Gasteiger partial charge in [-0.15, -0.1) is 11.3 Å². The third-order valence-corrected chi connectivity index (χ3v) is 3.32. The molecule has 0 aromatic carbocycles. The van der Waals surface area contributed by atoms with Crippen LogP contribution in [-0.2, 0) is 4.74 Å². The van der Waals surface area contributed by atoms with Crippen molar-refractivity contribution in [2.75, 3.05) is 18.0 Å². The van der Waals surface area contributed by atoms with Crippen molar-refractivity contribution in [2.45, 2.75) is 46.8 Å². The number of aromatic nitrogens is 1. The van der Waals surface area contributed by atoms with Gasteiger partial charge in [0, 0.05) is 18.5 Å². The van der Waals surface area contributed by atoms with Crippen LogP contribution in [0.25, 0.3) is 0 Å². The first kappa shape index (κ1) is 13.5.